The second-order valence-corrected chi connectivity index (χ2v) is 4.20. The molecule has 5 N–H and O–H groups in total. The van der Waals surface area contributed by atoms with Crippen LogP contribution >= 0.6 is 0 Å². The van der Waals surface area contributed by atoms with Crippen LogP contribution in [0.15, 0.2) is 16.6 Å². The molecule has 0 saturated carbocycles. The fourth-order valence-corrected chi connectivity index (χ4v) is 1.07. The van der Waals surface area contributed by atoms with Gasteiger partial charge in [0.15, 0.2) is 0 Å². The van der Waals surface area contributed by atoms with Gasteiger partial charge in [-0.3, -0.25) is 9.79 Å². The average molecular weight is 245 g/mol. The number of carboxylic acids is 1. The Balaban J connectivity index is 4.33. The third kappa shape index (κ3) is 6.68. The molecule has 0 amide bonds. The number of nitrogens with zero attached hydrogens (tertiary/aromatic N) is 1. The molecular weight excluding hydrogens is 225 g/mol. The van der Waals surface area contributed by atoms with Gasteiger partial charge in [0.2, 0.25) is 0 Å². The van der Waals surface area contributed by atoms with E-state index in [-0.39, 0.29) is 6.42 Å². The molecule has 0 rings (SSSR count). The number of aliphatic carboxylic acids is 1. The topological polar surface area (TPSA) is 102 Å². The Morgan fingerprint density at radius 1 is 1.59 bits per heavy atom. The zero-order valence-electron chi connectivity index (χ0n) is 10.2. The van der Waals surface area contributed by atoms with Gasteiger partial charge in [0.05, 0.1) is 12.4 Å². The summed E-state index contributed by atoms with van der Waals surface area (Å²) >= 11 is 0. The Kier molecular flexibility index (Phi) is 6.42. The van der Waals surface area contributed by atoms with E-state index in [4.69, 9.17) is 16.6 Å². The summed E-state index contributed by atoms with van der Waals surface area (Å²) in [6, 6.07) is 0. The Labute approximate surface area is 100 Å². The highest BCUT2D eigenvalue weighted by Gasteiger charge is 2.27. The van der Waals surface area contributed by atoms with Gasteiger partial charge in [0.1, 0.15) is 12.2 Å². The van der Waals surface area contributed by atoms with Gasteiger partial charge in [-0.15, -0.1) is 0 Å². The molecule has 0 spiro atoms. The molecule has 0 bridgehead atoms. The summed E-state index contributed by atoms with van der Waals surface area (Å²) in [4.78, 5) is 14.6. The van der Waals surface area contributed by atoms with Crippen molar-refractivity contribution in [1.29, 1.82) is 0 Å². The minimum atomic E-state index is -1.33. The van der Waals surface area contributed by atoms with Crippen molar-refractivity contribution in [2.24, 2.45) is 16.5 Å². The molecular formula is C11H20FN3O2. The SMILES string of the molecule is CC(N)=NCC=C(CF)CC[C@](C)(N)C(=O)O. The minimum absolute atomic E-state index is 0.184. The molecule has 17 heavy (non-hydrogen) atoms. The normalized spacial score (nSPS) is 16.7. The van der Waals surface area contributed by atoms with Crippen molar-refractivity contribution in [3.05, 3.63) is 11.6 Å². The third-order valence-electron chi connectivity index (χ3n) is 2.35. The smallest absolute Gasteiger partial charge is 0.323 e. The summed E-state index contributed by atoms with van der Waals surface area (Å²) in [6.45, 7) is 2.72. The molecule has 0 saturated heterocycles. The summed E-state index contributed by atoms with van der Waals surface area (Å²) in [5, 5.41) is 8.80. The number of allylic oxidation sites excluding steroid dienone is 1. The molecule has 0 heterocycles. The fourth-order valence-electron chi connectivity index (χ4n) is 1.07. The van der Waals surface area contributed by atoms with Crippen LogP contribution in [-0.2, 0) is 4.79 Å². The van der Waals surface area contributed by atoms with Gasteiger partial charge in [-0.25, -0.2) is 4.39 Å². The maximum Gasteiger partial charge on any atom is 0.323 e. The zero-order valence-corrected chi connectivity index (χ0v) is 10.2. The lowest BCUT2D eigenvalue weighted by Crippen LogP contribution is -2.44. The third-order valence-corrected chi connectivity index (χ3v) is 2.35. The predicted molar refractivity (Wildman–Crippen MR) is 65.7 cm³/mol. The molecule has 0 aliphatic heterocycles. The van der Waals surface area contributed by atoms with Gasteiger partial charge in [0, 0.05) is 0 Å². The first-order valence-corrected chi connectivity index (χ1v) is 5.32. The number of halogens is 1. The van der Waals surface area contributed by atoms with Crippen LogP contribution in [0.5, 0.6) is 0 Å². The van der Waals surface area contributed by atoms with Crippen LogP contribution in [-0.4, -0.2) is 35.7 Å². The number of hydrogen-bond acceptors (Lipinski definition) is 3. The van der Waals surface area contributed by atoms with Gasteiger partial charge < -0.3 is 16.6 Å². The largest absolute Gasteiger partial charge is 0.480 e. The molecule has 0 aromatic carbocycles. The van der Waals surface area contributed by atoms with E-state index in [9.17, 15) is 9.18 Å². The van der Waals surface area contributed by atoms with E-state index in [1.807, 2.05) is 0 Å². The maximum atomic E-state index is 12.6. The van der Waals surface area contributed by atoms with Crippen molar-refractivity contribution >= 4 is 11.8 Å². The number of rotatable bonds is 7. The first-order valence-electron chi connectivity index (χ1n) is 5.32. The average Bonchev–Trinajstić information content (AvgIpc) is 2.22. The van der Waals surface area contributed by atoms with E-state index in [0.29, 0.717) is 24.4 Å². The van der Waals surface area contributed by atoms with E-state index in [2.05, 4.69) is 4.99 Å². The monoisotopic (exact) mass is 245 g/mol. The van der Waals surface area contributed by atoms with Crippen molar-refractivity contribution in [2.45, 2.75) is 32.2 Å². The minimum Gasteiger partial charge on any atom is -0.480 e. The van der Waals surface area contributed by atoms with E-state index in [1.54, 1.807) is 13.0 Å². The molecule has 6 heteroatoms. The summed E-state index contributed by atoms with van der Waals surface area (Å²) in [6.07, 6.45) is 2.09. The van der Waals surface area contributed by atoms with Crippen LogP contribution in [0.2, 0.25) is 0 Å². The number of aliphatic imine (C=N–C) groups is 1. The quantitative estimate of drug-likeness (QED) is 0.351. The molecule has 0 unspecified atom stereocenters. The lowest BCUT2D eigenvalue weighted by atomic mass is 9.94. The lowest BCUT2D eigenvalue weighted by molar-refractivity contribution is -0.142. The predicted octanol–water partition coefficient (Wildman–Crippen LogP) is 0.842. The summed E-state index contributed by atoms with van der Waals surface area (Å²) in [7, 11) is 0. The molecule has 0 radical (unpaired) electrons. The van der Waals surface area contributed by atoms with E-state index in [1.165, 1.54) is 6.92 Å². The van der Waals surface area contributed by atoms with Crippen LogP contribution in [0.25, 0.3) is 0 Å². The second-order valence-electron chi connectivity index (χ2n) is 4.20. The number of nitrogens with two attached hydrogens (primary N) is 2. The van der Waals surface area contributed by atoms with Gasteiger partial charge in [0.25, 0.3) is 0 Å². The van der Waals surface area contributed by atoms with E-state index in [0.717, 1.165) is 0 Å². The molecule has 0 fully saturated rings. The van der Waals surface area contributed by atoms with Crippen LogP contribution in [0.4, 0.5) is 4.39 Å². The molecule has 0 aliphatic rings. The zero-order chi connectivity index (χ0) is 13.5. The van der Waals surface area contributed by atoms with Crippen molar-refractivity contribution in [2.75, 3.05) is 13.2 Å². The highest BCUT2D eigenvalue weighted by atomic mass is 19.1. The molecule has 5 nitrogen and oxygen atoms in total. The Morgan fingerprint density at radius 3 is 2.59 bits per heavy atom. The van der Waals surface area contributed by atoms with Crippen LogP contribution < -0.4 is 11.5 Å². The van der Waals surface area contributed by atoms with Crippen molar-refractivity contribution in [3.8, 4) is 0 Å². The summed E-state index contributed by atoms with van der Waals surface area (Å²) in [5.74, 6) is -0.666. The maximum absolute atomic E-state index is 12.6. The molecule has 0 aliphatic carbocycles. The molecule has 98 valence electrons. The van der Waals surface area contributed by atoms with Gasteiger partial charge >= 0.3 is 5.97 Å². The Morgan fingerprint density at radius 2 is 2.18 bits per heavy atom. The van der Waals surface area contributed by atoms with E-state index < -0.39 is 18.2 Å². The highest BCUT2D eigenvalue weighted by molar-refractivity contribution is 5.78. The number of carboxylic acid groups (broad SMARTS) is 1. The van der Waals surface area contributed by atoms with Crippen LogP contribution in [0.3, 0.4) is 0 Å². The number of amidine groups is 1. The van der Waals surface area contributed by atoms with Crippen molar-refractivity contribution < 1.29 is 14.3 Å². The van der Waals surface area contributed by atoms with Gasteiger partial charge in [-0.1, -0.05) is 6.08 Å². The van der Waals surface area contributed by atoms with Crippen molar-refractivity contribution in [3.63, 3.8) is 0 Å². The highest BCUT2D eigenvalue weighted by Crippen LogP contribution is 2.14. The standard InChI is InChI=1S/C11H20FN3O2/c1-8(13)15-6-4-9(7-12)3-5-11(2,14)10(16)17/h4H,3,5-7,14H2,1-2H3,(H2,13,15)(H,16,17)/t11-/m0/s1. The van der Waals surface area contributed by atoms with Crippen LogP contribution in [0.1, 0.15) is 26.7 Å². The number of carbonyl (C=O) groups is 1. The number of hydrogen-bond donors (Lipinski definition) is 3. The molecule has 0 aromatic rings. The summed E-state index contributed by atoms with van der Waals surface area (Å²) in [5.41, 5.74) is 10.0. The molecule has 0 aromatic heterocycles. The van der Waals surface area contributed by atoms with Gasteiger partial charge in [-0.05, 0) is 32.3 Å². The van der Waals surface area contributed by atoms with E-state index >= 15 is 0 Å². The lowest BCUT2D eigenvalue weighted by Gasteiger charge is -2.19. The number of alkyl halides is 1. The molecule has 1 atom stereocenters. The Hall–Kier alpha value is -1.43. The summed E-state index contributed by atoms with van der Waals surface area (Å²) < 4.78 is 12.6. The Bertz CT molecular complexity index is 321. The first-order chi connectivity index (χ1) is 7.79. The van der Waals surface area contributed by atoms with Crippen molar-refractivity contribution in [1.82, 2.24) is 0 Å². The fraction of sp³-hybridized carbons (Fsp3) is 0.636. The van der Waals surface area contributed by atoms with Gasteiger partial charge in [-0.2, -0.15) is 0 Å². The first kappa shape index (κ1) is 15.6. The second kappa shape index (κ2) is 7.01. The van der Waals surface area contributed by atoms with Crippen LogP contribution in [0, 0.1) is 0 Å².